The van der Waals surface area contributed by atoms with Crippen molar-refractivity contribution < 1.29 is 14.0 Å². The Kier molecular flexibility index (Phi) is 5.07. The molecule has 0 fully saturated rings. The molecule has 0 saturated heterocycles. The van der Waals surface area contributed by atoms with E-state index in [-0.39, 0.29) is 11.5 Å². The van der Waals surface area contributed by atoms with E-state index in [9.17, 15) is 18.8 Å². The molecule has 136 valence electrons. The van der Waals surface area contributed by atoms with Crippen LogP contribution in [0.1, 0.15) is 10.4 Å². The second kappa shape index (κ2) is 7.61. The molecule has 2 amide bonds. The molecule has 3 N–H and O–H groups in total. The monoisotopic (exact) mass is 366 g/mol. The van der Waals surface area contributed by atoms with Crippen LogP contribution in [0, 0.1) is 5.82 Å². The van der Waals surface area contributed by atoms with Crippen molar-refractivity contribution >= 4 is 17.5 Å². The van der Waals surface area contributed by atoms with Gasteiger partial charge in [-0.05, 0) is 36.4 Å². The average molecular weight is 366 g/mol. The first-order valence-corrected chi connectivity index (χ1v) is 7.96. The molecule has 1 aromatic heterocycles. The molecule has 0 bridgehead atoms. The molecule has 1 heterocycles. The lowest BCUT2D eigenvalue weighted by Gasteiger charge is -2.13. The molecule has 0 aliphatic carbocycles. The number of primary amides is 1. The third-order valence-electron chi connectivity index (χ3n) is 3.75. The lowest BCUT2D eigenvalue weighted by atomic mass is 10.2. The highest BCUT2D eigenvalue weighted by Crippen LogP contribution is 2.17. The Labute approximate surface area is 153 Å². The smallest absolute Gasteiger partial charge is 0.278 e. The molecule has 0 radical (unpaired) electrons. The van der Waals surface area contributed by atoms with E-state index < -0.39 is 29.7 Å². The quantitative estimate of drug-likeness (QED) is 0.718. The summed E-state index contributed by atoms with van der Waals surface area (Å²) < 4.78 is 14.2. The fraction of sp³-hybridized carbons (Fsp3) is 0.0526. The number of anilines is 1. The molecule has 0 aliphatic heterocycles. The fourth-order valence-corrected chi connectivity index (χ4v) is 2.49. The van der Waals surface area contributed by atoms with Crippen molar-refractivity contribution in [1.29, 1.82) is 0 Å². The minimum Gasteiger partial charge on any atom is -0.368 e. The summed E-state index contributed by atoms with van der Waals surface area (Å²) in [6.45, 7) is -0.437. The summed E-state index contributed by atoms with van der Waals surface area (Å²) in [5.41, 5.74) is 5.27. The predicted molar refractivity (Wildman–Crippen MR) is 97.5 cm³/mol. The zero-order valence-electron chi connectivity index (χ0n) is 14.1. The van der Waals surface area contributed by atoms with Crippen LogP contribution in [0.3, 0.4) is 0 Å². The van der Waals surface area contributed by atoms with Gasteiger partial charge < -0.3 is 11.1 Å². The first kappa shape index (κ1) is 18.0. The van der Waals surface area contributed by atoms with Gasteiger partial charge in [0.05, 0.1) is 6.20 Å². The molecule has 8 heteroatoms. The Morgan fingerprint density at radius 1 is 1.07 bits per heavy atom. The van der Waals surface area contributed by atoms with Crippen LogP contribution in [0.2, 0.25) is 0 Å². The van der Waals surface area contributed by atoms with Gasteiger partial charge in [0.1, 0.15) is 23.9 Å². The van der Waals surface area contributed by atoms with E-state index in [2.05, 4.69) is 10.3 Å². The molecular formula is C19H15FN4O3. The van der Waals surface area contributed by atoms with Gasteiger partial charge in [0.15, 0.2) is 0 Å². The Bertz CT molecular complexity index is 1050. The van der Waals surface area contributed by atoms with Crippen LogP contribution < -0.4 is 16.6 Å². The number of benzene rings is 2. The number of rotatable bonds is 5. The van der Waals surface area contributed by atoms with Crippen LogP contribution in [0.5, 0.6) is 0 Å². The van der Waals surface area contributed by atoms with Gasteiger partial charge in [-0.15, -0.1) is 0 Å². The number of nitrogens with two attached hydrogens (primary N) is 1. The predicted octanol–water partition coefficient (Wildman–Crippen LogP) is 1.79. The number of carbonyl (C=O) groups is 2. The van der Waals surface area contributed by atoms with Crippen molar-refractivity contribution in [3.05, 3.63) is 82.5 Å². The largest absolute Gasteiger partial charge is 0.368 e. The van der Waals surface area contributed by atoms with E-state index in [1.54, 1.807) is 30.3 Å². The van der Waals surface area contributed by atoms with E-state index >= 15 is 0 Å². The second-order valence-corrected chi connectivity index (χ2v) is 5.68. The van der Waals surface area contributed by atoms with Crippen molar-refractivity contribution in [3.8, 4) is 11.4 Å². The summed E-state index contributed by atoms with van der Waals surface area (Å²) in [4.78, 5) is 40.6. The summed E-state index contributed by atoms with van der Waals surface area (Å²) in [5.74, 6) is -1.56. The van der Waals surface area contributed by atoms with E-state index in [1.807, 2.05) is 0 Å². The zero-order valence-corrected chi connectivity index (χ0v) is 14.1. The molecule has 0 unspecified atom stereocenters. The topological polar surface area (TPSA) is 107 Å². The molecule has 2 aromatic carbocycles. The molecule has 27 heavy (non-hydrogen) atoms. The molecule has 0 atom stereocenters. The van der Waals surface area contributed by atoms with Gasteiger partial charge >= 0.3 is 0 Å². The van der Waals surface area contributed by atoms with Gasteiger partial charge in [-0.2, -0.15) is 0 Å². The van der Waals surface area contributed by atoms with Crippen LogP contribution in [-0.2, 0) is 11.3 Å². The summed E-state index contributed by atoms with van der Waals surface area (Å²) >= 11 is 0. The van der Waals surface area contributed by atoms with E-state index in [4.69, 9.17) is 5.73 Å². The first-order chi connectivity index (χ1) is 13.0. The van der Waals surface area contributed by atoms with Crippen molar-refractivity contribution in [3.63, 3.8) is 0 Å². The van der Waals surface area contributed by atoms with Gasteiger partial charge in [0, 0.05) is 11.1 Å². The highest BCUT2D eigenvalue weighted by molar-refractivity contribution is 6.04. The number of aromatic nitrogens is 2. The number of carbonyl (C=O) groups excluding carboxylic acids is 2. The molecular weight excluding hydrogens is 351 g/mol. The van der Waals surface area contributed by atoms with Crippen LogP contribution in [-0.4, -0.2) is 21.4 Å². The summed E-state index contributed by atoms with van der Waals surface area (Å²) in [7, 11) is 0. The first-order valence-electron chi connectivity index (χ1n) is 7.96. The SMILES string of the molecule is NC(=O)Cn1c(-c2ccc(F)cc2)ncc(NC(=O)c2ccccc2)c1=O. The highest BCUT2D eigenvalue weighted by atomic mass is 19.1. The lowest BCUT2D eigenvalue weighted by molar-refractivity contribution is -0.118. The van der Waals surface area contributed by atoms with Crippen molar-refractivity contribution in [1.82, 2.24) is 9.55 Å². The summed E-state index contributed by atoms with van der Waals surface area (Å²) in [6.07, 6.45) is 1.19. The zero-order chi connectivity index (χ0) is 19.4. The third-order valence-corrected chi connectivity index (χ3v) is 3.75. The van der Waals surface area contributed by atoms with Gasteiger partial charge in [0.2, 0.25) is 5.91 Å². The second-order valence-electron chi connectivity index (χ2n) is 5.68. The lowest BCUT2D eigenvalue weighted by Crippen LogP contribution is -2.32. The molecule has 0 saturated carbocycles. The van der Waals surface area contributed by atoms with Crippen LogP contribution in [0.4, 0.5) is 10.1 Å². The molecule has 3 aromatic rings. The molecule has 0 aliphatic rings. The van der Waals surface area contributed by atoms with E-state index in [0.29, 0.717) is 11.1 Å². The minimum atomic E-state index is -0.756. The summed E-state index contributed by atoms with van der Waals surface area (Å²) in [5, 5.41) is 2.48. The number of hydrogen-bond acceptors (Lipinski definition) is 4. The number of nitrogens with zero attached hydrogens (tertiary/aromatic N) is 2. The third kappa shape index (κ3) is 4.06. The van der Waals surface area contributed by atoms with Crippen molar-refractivity contribution in [2.24, 2.45) is 5.73 Å². The maximum absolute atomic E-state index is 13.2. The van der Waals surface area contributed by atoms with E-state index in [1.165, 1.54) is 30.5 Å². The molecule has 0 spiro atoms. The Hall–Kier alpha value is -3.81. The van der Waals surface area contributed by atoms with Crippen LogP contribution in [0.25, 0.3) is 11.4 Å². The fourth-order valence-electron chi connectivity index (χ4n) is 2.49. The average Bonchev–Trinajstić information content (AvgIpc) is 2.66. The Morgan fingerprint density at radius 2 is 1.74 bits per heavy atom. The molecule has 7 nitrogen and oxygen atoms in total. The van der Waals surface area contributed by atoms with Crippen molar-refractivity contribution in [2.75, 3.05) is 5.32 Å². The van der Waals surface area contributed by atoms with E-state index in [0.717, 1.165) is 4.57 Å². The minimum absolute atomic E-state index is 0.101. The number of halogens is 1. The Balaban J connectivity index is 2.02. The molecule has 3 rings (SSSR count). The van der Waals surface area contributed by atoms with Gasteiger partial charge in [-0.3, -0.25) is 19.0 Å². The van der Waals surface area contributed by atoms with Gasteiger partial charge in [0.25, 0.3) is 11.5 Å². The van der Waals surface area contributed by atoms with Crippen LogP contribution >= 0.6 is 0 Å². The highest BCUT2D eigenvalue weighted by Gasteiger charge is 2.16. The number of hydrogen-bond donors (Lipinski definition) is 2. The summed E-state index contributed by atoms with van der Waals surface area (Å²) in [6, 6.07) is 13.6. The van der Waals surface area contributed by atoms with Gasteiger partial charge in [-0.1, -0.05) is 18.2 Å². The Morgan fingerprint density at radius 3 is 2.37 bits per heavy atom. The maximum Gasteiger partial charge on any atom is 0.278 e. The standard InChI is InChI=1S/C19H15FN4O3/c20-14-8-6-12(7-9-14)17-22-10-15(19(27)24(17)11-16(21)25)23-18(26)13-4-2-1-3-5-13/h1-10H,11H2,(H2,21,25)(H,23,26). The van der Waals surface area contributed by atoms with Crippen LogP contribution in [0.15, 0.2) is 65.6 Å². The maximum atomic E-state index is 13.2. The van der Waals surface area contributed by atoms with Gasteiger partial charge in [-0.25, -0.2) is 9.37 Å². The van der Waals surface area contributed by atoms with Crippen molar-refractivity contribution in [2.45, 2.75) is 6.54 Å². The number of amides is 2. The normalized spacial score (nSPS) is 10.4. The number of nitrogens with one attached hydrogen (secondary N) is 1.